The van der Waals surface area contributed by atoms with Gasteiger partial charge in [-0.1, -0.05) is 36.4 Å². The first kappa shape index (κ1) is 11.4. The number of aromatic nitrogens is 2. The summed E-state index contributed by atoms with van der Waals surface area (Å²) in [5.41, 5.74) is 4.32. The highest BCUT2D eigenvalue weighted by Gasteiger charge is 2.15. The molecule has 0 saturated carbocycles. The smallest absolute Gasteiger partial charge is 0.351 e. The minimum atomic E-state index is 0. The molecule has 0 fully saturated rings. The first-order chi connectivity index (χ1) is 8.45. The van der Waals surface area contributed by atoms with E-state index in [1.54, 1.807) is 0 Å². The SMILES string of the molecule is [Cl-].c1ccc2c(c1)c1ccccc1[n+]1csnc21. The van der Waals surface area contributed by atoms with Crippen molar-refractivity contribution in [3.63, 3.8) is 0 Å². The second-order valence-electron chi connectivity index (χ2n) is 4.06. The molecule has 0 saturated heterocycles. The lowest BCUT2D eigenvalue weighted by Crippen LogP contribution is -3.00. The molecule has 0 aliphatic carbocycles. The topological polar surface area (TPSA) is 17.0 Å². The summed E-state index contributed by atoms with van der Waals surface area (Å²) in [6, 6.07) is 16.9. The summed E-state index contributed by atoms with van der Waals surface area (Å²) in [6.07, 6.45) is 0. The monoisotopic (exact) mass is 272 g/mol. The molecule has 18 heavy (non-hydrogen) atoms. The average Bonchev–Trinajstić information content (AvgIpc) is 2.89. The predicted molar refractivity (Wildman–Crippen MR) is 70.3 cm³/mol. The van der Waals surface area contributed by atoms with Gasteiger partial charge in [0.25, 0.3) is 0 Å². The van der Waals surface area contributed by atoms with Crippen molar-refractivity contribution in [1.29, 1.82) is 0 Å². The van der Waals surface area contributed by atoms with Crippen molar-refractivity contribution in [3.8, 4) is 0 Å². The summed E-state index contributed by atoms with van der Waals surface area (Å²) in [7, 11) is 0. The molecule has 0 spiro atoms. The Labute approximate surface area is 114 Å². The van der Waals surface area contributed by atoms with Crippen molar-refractivity contribution >= 4 is 38.9 Å². The molecule has 4 aromatic rings. The molecule has 0 amide bonds. The van der Waals surface area contributed by atoms with Crippen LogP contribution in [0.4, 0.5) is 0 Å². The zero-order chi connectivity index (χ0) is 11.2. The molecule has 0 aliphatic rings. The summed E-state index contributed by atoms with van der Waals surface area (Å²) in [5, 5.41) is 3.77. The largest absolute Gasteiger partial charge is 1.00 e. The zero-order valence-corrected chi connectivity index (χ0v) is 10.9. The highest BCUT2D eigenvalue weighted by atomic mass is 35.5. The third-order valence-corrected chi connectivity index (χ3v) is 3.73. The Morgan fingerprint density at radius 1 is 0.833 bits per heavy atom. The van der Waals surface area contributed by atoms with Gasteiger partial charge in [-0.05, 0) is 12.1 Å². The number of benzene rings is 2. The molecule has 0 atom stereocenters. The van der Waals surface area contributed by atoms with Crippen LogP contribution in [0.3, 0.4) is 0 Å². The van der Waals surface area contributed by atoms with E-state index < -0.39 is 0 Å². The molecule has 4 rings (SSSR count). The number of para-hydroxylation sites is 1. The lowest BCUT2D eigenvalue weighted by Gasteiger charge is -2.01. The third-order valence-electron chi connectivity index (χ3n) is 3.14. The number of hydrogen-bond acceptors (Lipinski definition) is 2. The molecule has 0 bridgehead atoms. The number of rotatable bonds is 0. The molecule has 0 unspecified atom stereocenters. The van der Waals surface area contributed by atoms with Crippen molar-refractivity contribution in [2.75, 3.05) is 0 Å². The van der Waals surface area contributed by atoms with Crippen molar-refractivity contribution < 1.29 is 16.8 Å². The Kier molecular flexibility index (Phi) is 2.65. The van der Waals surface area contributed by atoms with E-state index in [1.807, 2.05) is 0 Å². The molecule has 2 nitrogen and oxygen atoms in total. The number of fused-ring (bicyclic) bond motifs is 6. The molecule has 2 aromatic carbocycles. The van der Waals surface area contributed by atoms with E-state index in [1.165, 1.54) is 33.2 Å². The van der Waals surface area contributed by atoms with Gasteiger partial charge in [0, 0.05) is 15.1 Å². The average molecular weight is 273 g/mol. The van der Waals surface area contributed by atoms with Gasteiger partial charge in [-0.25, -0.2) is 0 Å². The van der Waals surface area contributed by atoms with E-state index in [0.717, 1.165) is 5.65 Å². The van der Waals surface area contributed by atoms with Gasteiger partial charge >= 0.3 is 5.65 Å². The Bertz CT molecular complexity index is 784. The minimum absolute atomic E-state index is 0. The molecule has 0 aliphatic heterocycles. The van der Waals surface area contributed by atoms with Gasteiger partial charge in [0.2, 0.25) is 0 Å². The first-order valence-corrected chi connectivity index (χ1v) is 6.34. The van der Waals surface area contributed by atoms with Gasteiger partial charge in [-0.3, -0.25) is 0 Å². The number of halogens is 1. The van der Waals surface area contributed by atoms with E-state index >= 15 is 0 Å². The van der Waals surface area contributed by atoms with Crippen LogP contribution >= 0.6 is 11.5 Å². The molecular weight excluding hydrogens is 264 g/mol. The molecule has 4 heteroatoms. The lowest BCUT2D eigenvalue weighted by atomic mass is 10.1. The van der Waals surface area contributed by atoms with E-state index in [2.05, 4.69) is 62.8 Å². The quantitative estimate of drug-likeness (QED) is 0.330. The van der Waals surface area contributed by atoms with Crippen LogP contribution in [0, 0.1) is 0 Å². The van der Waals surface area contributed by atoms with Crippen LogP contribution in [0.5, 0.6) is 0 Å². The Hall–Kier alpha value is -1.71. The van der Waals surface area contributed by atoms with Crippen LogP contribution in [-0.2, 0) is 0 Å². The molecular formula is C14H9ClN2S. The van der Waals surface area contributed by atoms with Gasteiger partial charge in [0.05, 0.1) is 5.39 Å². The molecule has 0 N–H and O–H groups in total. The second kappa shape index (κ2) is 4.19. The van der Waals surface area contributed by atoms with Crippen molar-refractivity contribution in [3.05, 3.63) is 54.0 Å². The number of nitrogens with zero attached hydrogens (tertiary/aromatic N) is 2. The maximum absolute atomic E-state index is 4.50. The predicted octanol–water partition coefficient (Wildman–Crippen LogP) is 0.192. The first-order valence-electron chi connectivity index (χ1n) is 5.50. The Morgan fingerprint density at radius 3 is 2.33 bits per heavy atom. The van der Waals surface area contributed by atoms with Crippen LogP contribution in [0.1, 0.15) is 0 Å². The van der Waals surface area contributed by atoms with Crippen LogP contribution in [0.2, 0.25) is 0 Å². The highest BCUT2D eigenvalue weighted by molar-refractivity contribution is 7.03. The van der Waals surface area contributed by atoms with Crippen LogP contribution in [0.15, 0.2) is 54.0 Å². The summed E-state index contributed by atoms with van der Waals surface area (Å²) in [6.45, 7) is 0. The molecule has 2 heterocycles. The lowest BCUT2D eigenvalue weighted by molar-refractivity contribution is -0.476. The van der Waals surface area contributed by atoms with Crippen molar-refractivity contribution in [1.82, 2.24) is 4.37 Å². The van der Waals surface area contributed by atoms with Gasteiger partial charge in [0.1, 0.15) is 17.0 Å². The van der Waals surface area contributed by atoms with Gasteiger partial charge in [-0.15, -0.1) is 0 Å². The maximum atomic E-state index is 4.50. The standard InChI is InChI=1S/C14H9N2S.ClH/c1-2-7-12-10(5-1)11-6-3-4-8-13(11)16-9-17-15-14(12)16;/h1-9H;1H/q+1;/p-1. The van der Waals surface area contributed by atoms with Gasteiger partial charge in [-0.2, -0.15) is 4.40 Å². The third kappa shape index (κ3) is 1.41. The molecule has 0 radical (unpaired) electrons. The normalized spacial score (nSPS) is 10.9. The molecule has 2 aromatic heterocycles. The molecule has 88 valence electrons. The zero-order valence-electron chi connectivity index (χ0n) is 9.38. The second-order valence-corrected chi connectivity index (χ2v) is 4.66. The fourth-order valence-electron chi connectivity index (χ4n) is 2.39. The van der Waals surface area contributed by atoms with Crippen LogP contribution < -0.4 is 16.8 Å². The fraction of sp³-hybridized carbons (Fsp3) is 0. The van der Waals surface area contributed by atoms with Crippen LogP contribution in [0.25, 0.3) is 27.3 Å². The van der Waals surface area contributed by atoms with Crippen molar-refractivity contribution in [2.24, 2.45) is 0 Å². The van der Waals surface area contributed by atoms with Gasteiger partial charge in [0.15, 0.2) is 5.51 Å². The van der Waals surface area contributed by atoms with Crippen LogP contribution in [-0.4, -0.2) is 4.37 Å². The fourth-order valence-corrected chi connectivity index (χ4v) is 3.03. The van der Waals surface area contributed by atoms with E-state index in [9.17, 15) is 0 Å². The summed E-state index contributed by atoms with van der Waals surface area (Å²) in [5.74, 6) is 0. The minimum Gasteiger partial charge on any atom is -1.00 e. The summed E-state index contributed by atoms with van der Waals surface area (Å²) in [4.78, 5) is 0. The Morgan fingerprint density at radius 2 is 1.50 bits per heavy atom. The maximum Gasteiger partial charge on any atom is 0.351 e. The van der Waals surface area contributed by atoms with E-state index in [-0.39, 0.29) is 12.4 Å². The summed E-state index contributed by atoms with van der Waals surface area (Å²) >= 11 is 1.50. The highest BCUT2D eigenvalue weighted by Crippen LogP contribution is 2.25. The van der Waals surface area contributed by atoms with Crippen molar-refractivity contribution in [2.45, 2.75) is 0 Å². The van der Waals surface area contributed by atoms with E-state index in [0.29, 0.717) is 0 Å². The number of pyridine rings is 1. The number of hydrogen-bond donors (Lipinski definition) is 0. The summed E-state index contributed by atoms with van der Waals surface area (Å²) < 4.78 is 6.67. The van der Waals surface area contributed by atoms with Gasteiger partial charge < -0.3 is 12.4 Å². The Balaban J connectivity index is 0.000001000. The van der Waals surface area contributed by atoms with E-state index in [4.69, 9.17) is 0 Å².